The highest BCUT2D eigenvalue weighted by Crippen LogP contribution is 2.47. The Balaban J connectivity index is 3.00. The standard InChI is InChI=1S/C13H24O3/c1-10(2)13(12(15)16)8-5-3-4-6-11(13)7-9-14/h10-11,14H,3-9H2,1-2H3,(H,15,16). The number of hydrogen-bond acceptors (Lipinski definition) is 2. The van der Waals surface area contributed by atoms with Crippen LogP contribution in [0.25, 0.3) is 0 Å². The van der Waals surface area contributed by atoms with Crippen molar-refractivity contribution in [2.24, 2.45) is 17.3 Å². The number of rotatable bonds is 4. The van der Waals surface area contributed by atoms with E-state index in [1.54, 1.807) is 0 Å². The Kier molecular flexibility index (Phi) is 4.78. The number of aliphatic carboxylic acids is 1. The van der Waals surface area contributed by atoms with Crippen molar-refractivity contribution in [3.05, 3.63) is 0 Å². The summed E-state index contributed by atoms with van der Waals surface area (Å²) in [6.07, 6.45) is 5.59. The molecule has 0 bridgehead atoms. The number of carboxylic acids is 1. The van der Waals surface area contributed by atoms with Crippen molar-refractivity contribution in [2.45, 2.75) is 52.4 Å². The monoisotopic (exact) mass is 228 g/mol. The molecule has 0 aliphatic heterocycles. The van der Waals surface area contributed by atoms with Crippen molar-refractivity contribution in [1.29, 1.82) is 0 Å². The van der Waals surface area contributed by atoms with E-state index in [0.29, 0.717) is 6.42 Å². The first-order valence-corrected chi connectivity index (χ1v) is 6.40. The van der Waals surface area contributed by atoms with E-state index in [-0.39, 0.29) is 18.4 Å². The molecule has 1 aliphatic carbocycles. The fourth-order valence-electron chi connectivity index (χ4n) is 3.29. The number of aliphatic hydroxyl groups is 1. The summed E-state index contributed by atoms with van der Waals surface area (Å²) in [5.41, 5.74) is -0.612. The van der Waals surface area contributed by atoms with Gasteiger partial charge in [0.2, 0.25) is 0 Å². The van der Waals surface area contributed by atoms with E-state index in [1.165, 1.54) is 0 Å². The third kappa shape index (κ3) is 2.40. The van der Waals surface area contributed by atoms with Gasteiger partial charge in [0.25, 0.3) is 0 Å². The van der Waals surface area contributed by atoms with Crippen LogP contribution in [-0.4, -0.2) is 22.8 Å². The molecular weight excluding hydrogens is 204 g/mol. The van der Waals surface area contributed by atoms with E-state index in [4.69, 9.17) is 5.11 Å². The van der Waals surface area contributed by atoms with Crippen LogP contribution in [0.4, 0.5) is 0 Å². The highest BCUT2D eigenvalue weighted by molar-refractivity contribution is 5.75. The fraction of sp³-hybridized carbons (Fsp3) is 0.923. The molecule has 1 rings (SSSR count). The van der Waals surface area contributed by atoms with Crippen LogP contribution in [0.15, 0.2) is 0 Å². The second-order valence-corrected chi connectivity index (χ2v) is 5.31. The van der Waals surface area contributed by atoms with E-state index in [2.05, 4.69) is 0 Å². The zero-order valence-corrected chi connectivity index (χ0v) is 10.4. The van der Waals surface area contributed by atoms with Gasteiger partial charge in [-0.15, -0.1) is 0 Å². The Morgan fingerprint density at radius 3 is 2.56 bits per heavy atom. The molecule has 1 saturated carbocycles. The predicted octanol–water partition coefficient (Wildman–Crippen LogP) is 2.68. The van der Waals surface area contributed by atoms with Crippen LogP contribution in [0.2, 0.25) is 0 Å². The van der Waals surface area contributed by atoms with Crippen LogP contribution in [0.5, 0.6) is 0 Å². The minimum atomic E-state index is -0.664. The summed E-state index contributed by atoms with van der Waals surface area (Å²) in [6.45, 7) is 4.11. The first-order chi connectivity index (χ1) is 7.55. The summed E-state index contributed by atoms with van der Waals surface area (Å²) in [4.78, 5) is 11.7. The molecule has 0 radical (unpaired) electrons. The molecule has 94 valence electrons. The summed E-state index contributed by atoms with van der Waals surface area (Å²) in [6, 6.07) is 0. The normalized spacial score (nSPS) is 31.4. The molecule has 2 atom stereocenters. The smallest absolute Gasteiger partial charge is 0.310 e. The van der Waals surface area contributed by atoms with Crippen LogP contribution in [0, 0.1) is 17.3 Å². The lowest BCUT2D eigenvalue weighted by molar-refractivity contribution is -0.157. The van der Waals surface area contributed by atoms with E-state index in [1.807, 2.05) is 13.8 Å². The Hall–Kier alpha value is -0.570. The van der Waals surface area contributed by atoms with Crippen molar-refractivity contribution < 1.29 is 15.0 Å². The lowest BCUT2D eigenvalue weighted by Crippen LogP contribution is -2.43. The number of carboxylic acid groups (broad SMARTS) is 1. The third-order valence-electron chi connectivity index (χ3n) is 4.28. The van der Waals surface area contributed by atoms with Crippen molar-refractivity contribution in [3.63, 3.8) is 0 Å². The Bertz CT molecular complexity index is 237. The maximum absolute atomic E-state index is 11.7. The molecule has 3 nitrogen and oxygen atoms in total. The predicted molar refractivity (Wildman–Crippen MR) is 63.2 cm³/mol. The molecule has 0 spiro atoms. The van der Waals surface area contributed by atoms with E-state index in [9.17, 15) is 9.90 Å². The van der Waals surface area contributed by atoms with Gasteiger partial charge in [0.05, 0.1) is 5.41 Å². The van der Waals surface area contributed by atoms with Crippen LogP contribution < -0.4 is 0 Å². The van der Waals surface area contributed by atoms with Crippen molar-refractivity contribution in [2.75, 3.05) is 6.61 Å². The lowest BCUT2D eigenvalue weighted by Gasteiger charge is -2.39. The molecule has 0 amide bonds. The molecule has 0 aromatic rings. The second-order valence-electron chi connectivity index (χ2n) is 5.31. The highest BCUT2D eigenvalue weighted by Gasteiger charge is 2.47. The summed E-state index contributed by atoms with van der Waals surface area (Å²) in [5, 5.41) is 18.7. The van der Waals surface area contributed by atoms with Gasteiger partial charge in [-0.25, -0.2) is 0 Å². The van der Waals surface area contributed by atoms with Gasteiger partial charge in [-0.2, -0.15) is 0 Å². The van der Waals surface area contributed by atoms with Gasteiger partial charge in [-0.05, 0) is 31.1 Å². The van der Waals surface area contributed by atoms with Crippen LogP contribution in [0.3, 0.4) is 0 Å². The summed E-state index contributed by atoms with van der Waals surface area (Å²) in [7, 11) is 0. The average Bonchev–Trinajstić information content (AvgIpc) is 2.41. The van der Waals surface area contributed by atoms with Gasteiger partial charge in [0, 0.05) is 6.61 Å². The van der Waals surface area contributed by atoms with Crippen molar-refractivity contribution in [3.8, 4) is 0 Å². The summed E-state index contributed by atoms with van der Waals surface area (Å²) in [5.74, 6) is -0.389. The van der Waals surface area contributed by atoms with Gasteiger partial charge < -0.3 is 10.2 Å². The Morgan fingerprint density at radius 1 is 1.38 bits per heavy atom. The van der Waals surface area contributed by atoms with Crippen molar-refractivity contribution >= 4 is 5.97 Å². The topological polar surface area (TPSA) is 57.5 Å². The summed E-state index contributed by atoms with van der Waals surface area (Å²) >= 11 is 0. The average molecular weight is 228 g/mol. The van der Waals surface area contributed by atoms with Gasteiger partial charge in [-0.1, -0.05) is 33.1 Å². The number of hydrogen-bond donors (Lipinski definition) is 2. The largest absolute Gasteiger partial charge is 0.481 e. The minimum absolute atomic E-state index is 0.104. The Labute approximate surface area is 97.9 Å². The molecular formula is C13H24O3. The molecule has 0 heterocycles. The maximum atomic E-state index is 11.7. The quantitative estimate of drug-likeness (QED) is 0.727. The van der Waals surface area contributed by atoms with Gasteiger partial charge >= 0.3 is 5.97 Å². The number of carbonyl (C=O) groups is 1. The molecule has 0 aromatic heterocycles. The van der Waals surface area contributed by atoms with Gasteiger partial charge in [-0.3, -0.25) is 4.79 Å². The number of aliphatic hydroxyl groups excluding tert-OH is 1. The molecule has 2 N–H and O–H groups in total. The molecule has 0 aromatic carbocycles. The molecule has 3 heteroatoms. The molecule has 2 unspecified atom stereocenters. The van der Waals surface area contributed by atoms with E-state index in [0.717, 1.165) is 32.1 Å². The van der Waals surface area contributed by atoms with E-state index >= 15 is 0 Å². The zero-order valence-electron chi connectivity index (χ0n) is 10.4. The van der Waals surface area contributed by atoms with Gasteiger partial charge in [0.1, 0.15) is 0 Å². The first kappa shape index (κ1) is 13.5. The molecule has 1 fully saturated rings. The molecule has 0 saturated heterocycles. The first-order valence-electron chi connectivity index (χ1n) is 6.40. The summed E-state index contributed by atoms with van der Waals surface area (Å²) < 4.78 is 0. The van der Waals surface area contributed by atoms with Crippen LogP contribution in [-0.2, 0) is 4.79 Å². The van der Waals surface area contributed by atoms with E-state index < -0.39 is 11.4 Å². The zero-order chi connectivity index (χ0) is 12.2. The van der Waals surface area contributed by atoms with Crippen LogP contribution >= 0.6 is 0 Å². The molecule has 1 aliphatic rings. The fourth-order valence-corrected chi connectivity index (χ4v) is 3.29. The lowest BCUT2D eigenvalue weighted by atomic mass is 9.64. The van der Waals surface area contributed by atoms with Crippen molar-refractivity contribution in [1.82, 2.24) is 0 Å². The maximum Gasteiger partial charge on any atom is 0.310 e. The Morgan fingerprint density at radius 2 is 2.06 bits per heavy atom. The van der Waals surface area contributed by atoms with Crippen LogP contribution in [0.1, 0.15) is 52.4 Å². The second kappa shape index (κ2) is 5.67. The minimum Gasteiger partial charge on any atom is -0.481 e. The third-order valence-corrected chi connectivity index (χ3v) is 4.28. The van der Waals surface area contributed by atoms with Gasteiger partial charge in [0.15, 0.2) is 0 Å². The molecule has 16 heavy (non-hydrogen) atoms. The SMILES string of the molecule is CC(C)C1(C(=O)O)CCCCCC1CCO. The highest BCUT2D eigenvalue weighted by atomic mass is 16.4.